The molecule has 2 heterocycles. The number of ketones is 1. The number of nitriles is 1. The fourth-order valence-electron chi connectivity index (χ4n) is 3.83. The molecule has 4 rings (SSSR count). The Morgan fingerprint density at radius 3 is 2.15 bits per heavy atom. The fraction of sp³-hybridized carbons (Fsp3) is 0.182. The molecular weight excluding hydrogens is 448 g/mol. The van der Waals surface area contributed by atoms with E-state index in [1.54, 1.807) is 23.9 Å². The van der Waals surface area contributed by atoms with Gasteiger partial charge in [0, 0.05) is 14.1 Å². The van der Waals surface area contributed by atoms with Crippen molar-refractivity contribution in [3.63, 3.8) is 0 Å². The Hall–Kier alpha value is -4.17. The number of rotatable bonds is 5. The second-order valence-electron chi connectivity index (χ2n) is 7.31. The van der Waals surface area contributed by atoms with E-state index < -0.39 is 40.8 Å². The number of fused-ring (bicyclic) bond motifs is 2. The van der Waals surface area contributed by atoms with Crippen LogP contribution in [0.2, 0.25) is 0 Å². The highest BCUT2D eigenvalue weighted by Crippen LogP contribution is 2.40. The van der Waals surface area contributed by atoms with Crippen molar-refractivity contribution >= 4 is 39.1 Å². The van der Waals surface area contributed by atoms with E-state index in [-0.39, 0.29) is 16.0 Å². The predicted octanol–water partition coefficient (Wildman–Crippen LogP) is 1.26. The van der Waals surface area contributed by atoms with Crippen LogP contribution >= 0.6 is 0 Å². The van der Waals surface area contributed by atoms with Crippen LogP contribution in [0.4, 0.5) is 11.4 Å². The summed E-state index contributed by atoms with van der Waals surface area (Å²) in [4.78, 5) is 40.6. The summed E-state index contributed by atoms with van der Waals surface area (Å²) in [6.07, 6.45) is 0. The van der Waals surface area contributed by atoms with Gasteiger partial charge < -0.3 is 14.5 Å². The Kier molecular flexibility index (Phi) is 5.39. The Morgan fingerprint density at radius 2 is 1.58 bits per heavy atom. The first-order chi connectivity index (χ1) is 15.7. The minimum atomic E-state index is -4.19. The molecule has 168 valence electrons. The van der Waals surface area contributed by atoms with Crippen LogP contribution in [0.25, 0.3) is 0 Å². The van der Waals surface area contributed by atoms with Gasteiger partial charge in [-0.05, 0) is 24.3 Å². The highest BCUT2D eigenvalue weighted by atomic mass is 32.2. The summed E-state index contributed by atoms with van der Waals surface area (Å²) in [7, 11) is -0.777. The topological polar surface area (TPSA) is 128 Å². The average molecular weight is 466 g/mol. The molecule has 0 radical (unpaired) electrons. The van der Waals surface area contributed by atoms with Crippen LogP contribution in [0.15, 0.2) is 64.8 Å². The molecule has 0 atom stereocenters. The van der Waals surface area contributed by atoms with Crippen molar-refractivity contribution in [3.05, 3.63) is 65.5 Å². The number of sulfonamides is 1. The third-order valence-electron chi connectivity index (χ3n) is 5.40. The molecule has 0 spiro atoms. The second kappa shape index (κ2) is 8.07. The smallest absolute Gasteiger partial charge is 0.327 e. The average Bonchev–Trinajstić information content (AvgIpc) is 3.17. The summed E-state index contributed by atoms with van der Waals surface area (Å²) >= 11 is 0. The monoisotopic (exact) mass is 466 g/mol. The molecule has 2 aromatic rings. The van der Waals surface area contributed by atoms with Crippen LogP contribution in [-0.4, -0.2) is 57.6 Å². The van der Waals surface area contributed by atoms with Crippen molar-refractivity contribution in [3.8, 4) is 6.07 Å². The molecule has 0 saturated carbocycles. The Bertz CT molecular complexity index is 1340. The molecule has 33 heavy (non-hydrogen) atoms. The third-order valence-corrected chi connectivity index (χ3v) is 7.19. The summed E-state index contributed by atoms with van der Waals surface area (Å²) in [5.41, 5.74) is 1.33. The molecule has 0 N–H and O–H groups in total. The maximum atomic E-state index is 12.7. The number of carbonyl (C=O) groups is 3. The third kappa shape index (κ3) is 3.50. The minimum Gasteiger partial charge on any atom is -0.456 e. The van der Waals surface area contributed by atoms with Gasteiger partial charge in [-0.25, -0.2) is 12.7 Å². The largest absolute Gasteiger partial charge is 0.456 e. The lowest BCUT2D eigenvalue weighted by atomic mass is 10.2. The number of amides is 1. The van der Waals surface area contributed by atoms with Crippen LogP contribution in [0.5, 0.6) is 0 Å². The van der Waals surface area contributed by atoms with Gasteiger partial charge in [-0.2, -0.15) is 5.26 Å². The number of ether oxygens (including phenoxy) is 1. The number of hydrogen-bond acceptors (Lipinski definition) is 9. The highest BCUT2D eigenvalue weighted by molar-refractivity contribution is 7.90. The standard InChI is InChI=1S/C22H18N4O6S/c1-24-16-8-4-5-9-17(16)25(2)21(24)15(11-23)18(27)13-32-20(28)12-26-22(29)14-7-3-6-10-19(14)33(26,30)31/h3-10H,12-13H2,1-2H3. The van der Waals surface area contributed by atoms with Crippen molar-refractivity contribution in [2.24, 2.45) is 0 Å². The van der Waals surface area contributed by atoms with Crippen molar-refractivity contribution in [1.29, 1.82) is 5.26 Å². The number of para-hydroxylation sites is 2. The lowest BCUT2D eigenvalue weighted by Gasteiger charge is -2.20. The summed E-state index contributed by atoms with van der Waals surface area (Å²) in [5.74, 6) is -2.37. The zero-order valence-electron chi connectivity index (χ0n) is 17.7. The Morgan fingerprint density at radius 1 is 1.00 bits per heavy atom. The number of hydrogen-bond donors (Lipinski definition) is 0. The van der Waals surface area contributed by atoms with Crippen LogP contribution < -0.4 is 9.80 Å². The van der Waals surface area contributed by atoms with Crippen molar-refractivity contribution < 1.29 is 27.5 Å². The molecule has 0 fully saturated rings. The number of benzene rings is 2. The molecule has 2 aliphatic heterocycles. The molecule has 0 bridgehead atoms. The lowest BCUT2D eigenvalue weighted by Crippen LogP contribution is -2.36. The first-order valence-electron chi connectivity index (χ1n) is 9.74. The molecular formula is C22H18N4O6S. The molecule has 0 saturated heterocycles. The van der Waals surface area contributed by atoms with Gasteiger partial charge in [0.25, 0.3) is 15.9 Å². The van der Waals surface area contributed by atoms with E-state index in [0.29, 0.717) is 10.1 Å². The summed E-state index contributed by atoms with van der Waals surface area (Å²) in [6, 6.07) is 14.8. The Balaban J connectivity index is 1.47. The quantitative estimate of drug-likeness (QED) is 0.363. The summed E-state index contributed by atoms with van der Waals surface area (Å²) in [6.45, 7) is -1.66. The van der Waals surface area contributed by atoms with Crippen LogP contribution in [-0.2, 0) is 24.3 Å². The van der Waals surface area contributed by atoms with E-state index in [0.717, 1.165) is 11.4 Å². The van der Waals surface area contributed by atoms with Crippen LogP contribution in [0.1, 0.15) is 10.4 Å². The zero-order chi connectivity index (χ0) is 23.9. The fourth-order valence-corrected chi connectivity index (χ4v) is 5.34. The van der Waals surface area contributed by atoms with Gasteiger partial charge in [-0.3, -0.25) is 14.4 Å². The van der Waals surface area contributed by atoms with Crippen LogP contribution in [0, 0.1) is 11.3 Å². The number of anilines is 2. The predicted molar refractivity (Wildman–Crippen MR) is 117 cm³/mol. The maximum absolute atomic E-state index is 12.7. The van der Waals surface area contributed by atoms with Gasteiger partial charge in [-0.1, -0.05) is 24.3 Å². The van der Waals surface area contributed by atoms with E-state index in [9.17, 15) is 28.1 Å². The molecule has 2 aliphatic rings. The molecule has 0 aromatic heterocycles. The summed E-state index contributed by atoms with van der Waals surface area (Å²) in [5, 5.41) is 9.62. The number of Topliss-reactive ketones (excluding diaryl/α,β-unsaturated/α-hetero) is 1. The van der Waals surface area contributed by atoms with E-state index in [4.69, 9.17) is 4.74 Å². The van der Waals surface area contributed by atoms with E-state index >= 15 is 0 Å². The minimum absolute atomic E-state index is 0.0373. The van der Waals surface area contributed by atoms with Crippen molar-refractivity contribution in [2.45, 2.75) is 4.90 Å². The molecule has 2 aromatic carbocycles. The Labute approximate surface area is 189 Å². The van der Waals surface area contributed by atoms with Gasteiger partial charge in [0.1, 0.15) is 28.9 Å². The van der Waals surface area contributed by atoms with Gasteiger partial charge >= 0.3 is 5.97 Å². The van der Waals surface area contributed by atoms with Gasteiger partial charge in [0.15, 0.2) is 6.61 Å². The SMILES string of the molecule is CN1C(=C(C#N)C(=O)COC(=O)CN2C(=O)c3ccccc3S2(=O)=O)N(C)c2ccccc21. The number of carbonyl (C=O) groups excluding carboxylic acids is 3. The second-order valence-corrected chi connectivity index (χ2v) is 9.14. The van der Waals surface area contributed by atoms with Crippen molar-refractivity contribution in [1.82, 2.24) is 4.31 Å². The van der Waals surface area contributed by atoms with Crippen molar-refractivity contribution in [2.75, 3.05) is 37.0 Å². The first kappa shape index (κ1) is 22.0. The number of esters is 1. The highest BCUT2D eigenvalue weighted by Gasteiger charge is 2.42. The van der Waals surface area contributed by atoms with Crippen LogP contribution in [0.3, 0.4) is 0 Å². The normalized spacial score (nSPS) is 15.7. The van der Waals surface area contributed by atoms with Gasteiger partial charge in [-0.15, -0.1) is 0 Å². The number of nitrogens with zero attached hydrogens (tertiary/aromatic N) is 4. The molecule has 1 amide bonds. The molecule has 10 nitrogen and oxygen atoms in total. The lowest BCUT2D eigenvalue weighted by molar-refractivity contribution is -0.146. The molecule has 0 unspecified atom stereocenters. The van der Waals surface area contributed by atoms with E-state index in [1.807, 2.05) is 30.3 Å². The summed E-state index contributed by atoms with van der Waals surface area (Å²) < 4.78 is 30.4. The zero-order valence-corrected chi connectivity index (χ0v) is 18.5. The maximum Gasteiger partial charge on any atom is 0.327 e. The van der Waals surface area contributed by atoms with E-state index in [2.05, 4.69) is 0 Å². The van der Waals surface area contributed by atoms with E-state index in [1.165, 1.54) is 24.3 Å². The molecule has 11 heteroatoms. The van der Waals surface area contributed by atoms with Gasteiger partial charge in [0.05, 0.1) is 16.9 Å². The molecule has 0 aliphatic carbocycles. The first-order valence-corrected chi connectivity index (χ1v) is 11.2. The van der Waals surface area contributed by atoms with Gasteiger partial charge in [0.2, 0.25) is 5.78 Å².